The number of nitrogens with zero attached hydrogens (tertiary/aromatic N) is 1. The quantitative estimate of drug-likeness (QED) is 0.834. The maximum Gasteiger partial charge on any atom is 0.0730 e. The average molecular weight is 275 g/mol. The second kappa shape index (κ2) is 6.08. The lowest BCUT2D eigenvalue weighted by Gasteiger charge is -2.46. The van der Waals surface area contributed by atoms with E-state index in [1.807, 2.05) is 0 Å². The zero-order valence-electron chi connectivity index (χ0n) is 11.5. The van der Waals surface area contributed by atoms with Gasteiger partial charge in [-0.25, -0.2) is 0 Å². The molecule has 106 valence electrons. The van der Waals surface area contributed by atoms with Gasteiger partial charge in [0.05, 0.1) is 12.7 Å². The fourth-order valence-electron chi connectivity index (χ4n) is 3.87. The molecule has 3 aliphatic rings. The summed E-state index contributed by atoms with van der Waals surface area (Å²) in [5.74, 6) is 0. The lowest BCUT2D eigenvalue weighted by Crippen LogP contribution is -2.55. The van der Waals surface area contributed by atoms with Gasteiger partial charge in [-0.15, -0.1) is 12.4 Å². The Labute approximate surface area is 117 Å². The van der Waals surface area contributed by atoms with E-state index >= 15 is 0 Å². The number of nitrogens with one attached hydrogen (secondary N) is 1. The zero-order valence-corrected chi connectivity index (χ0v) is 12.3. The number of fused-ring (bicyclic) bond motifs is 1. The van der Waals surface area contributed by atoms with Crippen molar-refractivity contribution in [1.29, 1.82) is 0 Å². The average Bonchev–Trinajstić information content (AvgIpc) is 2.76. The molecule has 4 heteroatoms. The monoisotopic (exact) mass is 274 g/mol. The first-order valence-electron chi connectivity index (χ1n) is 7.33. The van der Waals surface area contributed by atoms with Crippen LogP contribution >= 0.6 is 12.4 Å². The first-order valence-corrected chi connectivity index (χ1v) is 7.33. The van der Waals surface area contributed by atoms with Crippen molar-refractivity contribution in [1.82, 2.24) is 10.2 Å². The summed E-state index contributed by atoms with van der Waals surface area (Å²) in [6, 6.07) is 0.718. The van der Waals surface area contributed by atoms with E-state index in [2.05, 4.69) is 17.1 Å². The van der Waals surface area contributed by atoms with Crippen molar-refractivity contribution >= 4 is 12.4 Å². The second-order valence-electron chi connectivity index (χ2n) is 6.47. The molecule has 0 radical (unpaired) electrons. The van der Waals surface area contributed by atoms with Gasteiger partial charge in [-0.3, -0.25) is 4.90 Å². The number of hydrogen-bond donors (Lipinski definition) is 1. The summed E-state index contributed by atoms with van der Waals surface area (Å²) in [5, 5.41) is 3.52. The van der Waals surface area contributed by atoms with Gasteiger partial charge in [0.15, 0.2) is 0 Å². The molecule has 2 heterocycles. The lowest BCUT2D eigenvalue weighted by atomic mass is 9.85. The molecule has 0 bridgehead atoms. The van der Waals surface area contributed by atoms with Gasteiger partial charge >= 0.3 is 0 Å². The minimum absolute atomic E-state index is 0. The molecule has 18 heavy (non-hydrogen) atoms. The summed E-state index contributed by atoms with van der Waals surface area (Å²) in [6.45, 7) is 8.21. The zero-order chi connectivity index (χ0) is 11.7. The highest BCUT2D eigenvalue weighted by Gasteiger charge is 2.38. The fraction of sp³-hybridized carbons (Fsp3) is 1.00. The molecule has 0 aromatic heterocycles. The maximum absolute atomic E-state index is 5.95. The van der Waals surface area contributed by atoms with Gasteiger partial charge in [-0.1, -0.05) is 19.8 Å². The molecular formula is C14H27ClN2O. The Hall–Kier alpha value is 0.170. The van der Waals surface area contributed by atoms with Crippen molar-refractivity contribution in [3.05, 3.63) is 0 Å². The molecule has 2 aliphatic heterocycles. The predicted molar refractivity (Wildman–Crippen MR) is 76.4 cm³/mol. The van der Waals surface area contributed by atoms with Crippen LogP contribution in [0, 0.1) is 5.41 Å². The highest BCUT2D eigenvalue weighted by molar-refractivity contribution is 5.85. The molecule has 3 rings (SSSR count). The van der Waals surface area contributed by atoms with Gasteiger partial charge in [0, 0.05) is 25.7 Å². The first kappa shape index (κ1) is 14.6. The summed E-state index contributed by atoms with van der Waals surface area (Å²) in [7, 11) is 0. The summed E-state index contributed by atoms with van der Waals surface area (Å²) in [4.78, 5) is 2.74. The van der Waals surface area contributed by atoms with Crippen LogP contribution in [0.4, 0.5) is 0 Å². The smallest absolute Gasteiger partial charge is 0.0730 e. The standard InChI is InChI=1S/C14H26N2O.ClH/c1-14(6-7-15-10-14)11-16-8-9-17-13-5-3-2-4-12(13)16;/h12-13,15H,2-11H2,1H3;1H. The second-order valence-corrected chi connectivity index (χ2v) is 6.47. The van der Waals surface area contributed by atoms with Crippen LogP contribution in [-0.4, -0.2) is 49.8 Å². The van der Waals surface area contributed by atoms with Gasteiger partial charge in [-0.2, -0.15) is 0 Å². The molecule has 3 fully saturated rings. The van der Waals surface area contributed by atoms with Crippen molar-refractivity contribution in [3.63, 3.8) is 0 Å². The van der Waals surface area contributed by atoms with Gasteiger partial charge in [0.2, 0.25) is 0 Å². The summed E-state index contributed by atoms with van der Waals surface area (Å²) in [5.41, 5.74) is 0.499. The number of halogens is 1. The van der Waals surface area contributed by atoms with E-state index in [0.717, 1.165) is 19.2 Å². The summed E-state index contributed by atoms with van der Waals surface area (Å²) < 4.78 is 5.95. The molecule has 3 nitrogen and oxygen atoms in total. The van der Waals surface area contributed by atoms with Crippen LogP contribution in [0.5, 0.6) is 0 Å². The first-order chi connectivity index (χ1) is 8.27. The molecule has 0 aromatic carbocycles. The van der Waals surface area contributed by atoms with Crippen LogP contribution < -0.4 is 5.32 Å². The molecule has 1 saturated carbocycles. The van der Waals surface area contributed by atoms with Crippen molar-refractivity contribution in [3.8, 4) is 0 Å². The normalized spacial score (nSPS) is 41.2. The van der Waals surface area contributed by atoms with Gasteiger partial charge in [-0.05, 0) is 31.2 Å². The molecule has 1 N–H and O–H groups in total. The Morgan fingerprint density at radius 3 is 2.94 bits per heavy atom. The van der Waals surface area contributed by atoms with E-state index in [1.165, 1.54) is 51.7 Å². The van der Waals surface area contributed by atoms with Crippen LogP contribution in [0.25, 0.3) is 0 Å². The van der Waals surface area contributed by atoms with Gasteiger partial charge in [0.1, 0.15) is 0 Å². The van der Waals surface area contributed by atoms with Crippen LogP contribution in [-0.2, 0) is 4.74 Å². The van der Waals surface area contributed by atoms with E-state index in [0.29, 0.717) is 11.5 Å². The van der Waals surface area contributed by atoms with Crippen LogP contribution in [0.2, 0.25) is 0 Å². The van der Waals surface area contributed by atoms with E-state index in [4.69, 9.17) is 4.74 Å². The highest BCUT2D eigenvalue weighted by atomic mass is 35.5. The Morgan fingerprint density at radius 2 is 2.17 bits per heavy atom. The number of morpholine rings is 1. The largest absolute Gasteiger partial charge is 0.375 e. The Kier molecular flexibility index (Phi) is 4.92. The molecule has 1 aliphatic carbocycles. The van der Waals surface area contributed by atoms with Crippen molar-refractivity contribution < 1.29 is 4.74 Å². The van der Waals surface area contributed by atoms with Crippen LogP contribution in [0.3, 0.4) is 0 Å². The fourth-order valence-corrected chi connectivity index (χ4v) is 3.87. The SMILES string of the molecule is CC1(CN2CCOC3CCCCC32)CCNC1.Cl. The minimum atomic E-state index is 0. The van der Waals surface area contributed by atoms with E-state index in [-0.39, 0.29) is 12.4 Å². The number of hydrogen-bond acceptors (Lipinski definition) is 3. The van der Waals surface area contributed by atoms with Crippen molar-refractivity contribution in [2.75, 3.05) is 32.8 Å². The van der Waals surface area contributed by atoms with Crippen LogP contribution in [0.15, 0.2) is 0 Å². The third kappa shape index (κ3) is 3.01. The van der Waals surface area contributed by atoms with E-state index in [1.54, 1.807) is 0 Å². The maximum atomic E-state index is 5.95. The molecule has 0 spiro atoms. The minimum Gasteiger partial charge on any atom is -0.375 e. The molecular weight excluding hydrogens is 248 g/mol. The van der Waals surface area contributed by atoms with Crippen molar-refractivity contribution in [2.24, 2.45) is 5.41 Å². The topological polar surface area (TPSA) is 24.5 Å². The number of rotatable bonds is 2. The molecule has 0 amide bonds. The lowest BCUT2D eigenvalue weighted by molar-refractivity contribution is -0.0966. The molecule has 3 atom stereocenters. The third-order valence-corrected chi connectivity index (χ3v) is 4.89. The van der Waals surface area contributed by atoms with Gasteiger partial charge < -0.3 is 10.1 Å². The molecule has 2 saturated heterocycles. The Balaban J connectivity index is 0.00000120. The Bertz CT molecular complexity index is 267. The third-order valence-electron chi connectivity index (χ3n) is 4.89. The Morgan fingerprint density at radius 1 is 1.33 bits per heavy atom. The summed E-state index contributed by atoms with van der Waals surface area (Å²) >= 11 is 0. The van der Waals surface area contributed by atoms with Crippen molar-refractivity contribution in [2.45, 2.75) is 51.2 Å². The summed E-state index contributed by atoms with van der Waals surface area (Å²) in [6.07, 6.45) is 7.28. The molecule has 0 aromatic rings. The van der Waals surface area contributed by atoms with E-state index < -0.39 is 0 Å². The van der Waals surface area contributed by atoms with Gasteiger partial charge in [0.25, 0.3) is 0 Å². The molecule has 3 unspecified atom stereocenters. The number of ether oxygens (including phenoxy) is 1. The van der Waals surface area contributed by atoms with E-state index in [9.17, 15) is 0 Å². The highest BCUT2D eigenvalue weighted by Crippen LogP contribution is 2.33. The predicted octanol–water partition coefficient (Wildman–Crippen LogP) is 2.05. The van der Waals surface area contributed by atoms with Crippen LogP contribution in [0.1, 0.15) is 39.0 Å².